The van der Waals surface area contributed by atoms with Crippen molar-refractivity contribution in [2.75, 3.05) is 25.5 Å². The van der Waals surface area contributed by atoms with Crippen LogP contribution in [0.25, 0.3) is 10.2 Å². The van der Waals surface area contributed by atoms with Crippen LogP contribution in [0.3, 0.4) is 0 Å². The molecule has 0 saturated carbocycles. The molecule has 2 aromatic heterocycles. The van der Waals surface area contributed by atoms with Crippen LogP contribution in [0.1, 0.15) is 33.6 Å². The number of carbonyl (C=O) groups excluding carboxylic acids is 1. The lowest BCUT2D eigenvalue weighted by Gasteiger charge is -2.32. The fraction of sp³-hybridized carbons (Fsp3) is 0.269. The Morgan fingerprint density at radius 2 is 2.00 bits per heavy atom. The summed E-state index contributed by atoms with van der Waals surface area (Å²) in [5.74, 6) is 0.234. The van der Waals surface area contributed by atoms with Crippen LogP contribution in [-0.2, 0) is 11.3 Å². The third-order valence-electron chi connectivity index (χ3n) is 6.09. The van der Waals surface area contributed by atoms with E-state index in [4.69, 9.17) is 15.5 Å². The number of anilines is 1. The Bertz CT molecular complexity index is 1320. The van der Waals surface area contributed by atoms with Crippen LogP contribution in [0, 0.1) is 0 Å². The van der Waals surface area contributed by atoms with E-state index in [9.17, 15) is 4.79 Å². The van der Waals surface area contributed by atoms with Gasteiger partial charge in [0.1, 0.15) is 5.84 Å². The molecule has 0 unspecified atom stereocenters. The molecule has 35 heavy (non-hydrogen) atoms. The number of aromatic nitrogens is 1. The SMILES string of the molecule is COC(=O)c1ccc(CN2CCC(Nc3nc4ccc(N=C(N)c5cccs5)cc4s3)CC2)cc1. The van der Waals surface area contributed by atoms with E-state index < -0.39 is 0 Å². The summed E-state index contributed by atoms with van der Waals surface area (Å²) < 4.78 is 5.87. The van der Waals surface area contributed by atoms with E-state index in [1.165, 1.54) is 12.7 Å². The van der Waals surface area contributed by atoms with Crippen molar-refractivity contribution < 1.29 is 9.53 Å². The fourth-order valence-electron chi connectivity index (χ4n) is 4.20. The van der Waals surface area contributed by atoms with Crippen molar-refractivity contribution in [3.8, 4) is 0 Å². The number of nitrogens with two attached hydrogens (primary N) is 1. The highest BCUT2D eigenvalue weighted by Gasteiger charge is 2.20. The Morgan fingerprint density at radius 1 is 1.20 bits per heavy atom. The fourth-order valence-corrected chi connectivity index (χ4v) is 5.80. The summed E-state index contributed by atoms with van der Waals surface area (Å²) in [6.45, 7) is 2.91. The minimum absolute atomic E-state index is 0.301. The number of methoxy groups -OCH3 is 1. The summed E-state index contributed by atoms with van der Waals surface area (Å²) in [6.07, 6.45) is 2.12. The average molecular weight is 506 g/mol. The van der Waals surface area contributed by atoms with E-state index in [0.29, 0.717) is 17.4 Å². The zero-order chi connectivity index (χ0) is 24.2. The number of rotatable bonds is 7. The molecule has 7 nitrogen and oxygen atoms in total. The molecule has 0 aliphatic carbocycles. The van der Waals surface area contributed by atoms with Gasteiger partial charge in [-0.1, -0.05) is 29.5 Å². The zero-order valence-electron chi connectivity index (χ0n) is 19.4. The van der Waals surface area contributed by atoms with Gasteiger partial charge in [-0.05, 0) is 60.2 Å². The number of fused-ring (bicyclic) bond motifs is 1. The first-order chi connectivity index (χ1) is 17.1. The minimum Gasteiger partial charge on any atom is -0.465 e. The lowest BCUT2D eigenvalue weighted by molar-refractivity contribution is 0.0600. The number of benzene rings is 2. The summed E-state index contributed by atoms with van der Waals surface area (Å²) in [7, 11) is 1.40. The number of nitrogens with one attached hydrogen (secondary N) is 1. The predicted octanol–water partition coefficient (Wildman–Crippen LogP) is 5.26. The van der Waals surface area contributed by atoms with Gasteiger partial charge in [0.05, 0.1) is 33.5 Å². The Labute approximate surface area is 212 Å². The van der Waals surface area contributed by atoms with Gasteiger partial charge < -0.3 is 15.8 Å². The highest BCUT2D eigenvalue weighted by Crippen LogP contribution is 2.31. The van der Waals surface area contributed by atoms with Crippen molar-refractivity contribution in [1.29, 1.82) is 0 Å². The van der Waals surface area contributed by atoms with Crippen LogP contribution < -0.4 is 11.1 Å². The molecule has 0 radical (unpaired) electrons. The summed E-state index contributed by atoms with van der Waals surface area (Å²) >= 11 is 3.24. The van der Waals surface area contributed by atoms with Gasteiger partial charge in [0.2, 0.25) is 0 Å². The number of likely N-dealkylation sites (tertiary alicyclic amines) is 1. The molecule has 5 rings (SSSR count). The molecule has 1 fully saturated rings. The number of piperidine rings is 1. The normalized spacial score (nSPS) is 15.4. The summed E-state index contributed by atoms with van der Waals surface area (Å²) in [5, 5.41) is 6.58. The van der Waals surface area contributed by atoms with Gasteiger partial charge in [0.15, 0.2) is 5.13 Å². The predicted molar refractivity (Wildman–Crippen MR) is 144 cm³/mol. The second-order valence-electron chi connectivity index (χ2n) is 8.53. The zero-order valence-corrected chi connectivity index (χ0v) is 21.1. The molecular weight excluding hydrogens is 478 g/mol. The molecule has 0 atom stereocenters. The molecule has 1 aliphatic rings. The van der Waals surface area contributed by atoms with E-state index in [1.807, 2.05) is 60.0 Å². The first-order valence-corrected chi connectivity index (χ1v) is 13.2. The van der Waals surface area contributed by atoms with Gasteiger partial charge in [-0.15, -0.1) is 11.3 Å². The number of amidine groups is 1. The third-order valence-corrected chi connectivity index (χ3v) is 7.93. The van der Waals surface area contributed by atoms with Crippen LogP contribution >= 0.6 is 22.7 Å². The van der Waals surface area contributed by atoms with Crippen molar-refractivity contribution in [2.24, 2.45) is 10.7 Å². The number of esters is 1. The molecule has 9 heteroatoms. The Balaban J connectivity index is 1.16. The summed E-state index contributed by atoms with van der Waals surface area (Å²) in [4.78, 5) is 24.4. The lowest BCUT2D eigenvalue weighted by atomic mass is 10.0. The second kappa shape index (κ2) is 10.6. The quantitative estimate of drug-likeness (QED) is 0.202. The average Bonchev–Trinajstić information content (AvgIpc) is 3.55. The first-order valence-electron chi connectivity index (χ1n) is 11.5. The van der Waals surface area contributed by atoms with E-state index in [1.54, 1.807) is 22.7 Å². The molecule has 0 bridgehead atoms. The van der Waals surface area contributed by atoms with Crippen LogP contribution in [-0.4, -0.2) is 47.9 Å². The van der Waals surface area contributed by atoms with Crippen molar-refractivity contribution >= 4 is 55.5 Å². The Kier molecular flexibility index (Phi) is 7.08. The minimum atomic E-state index is -0.301. The maximum Gasteiger partial charge on any atom is 0.337 e. The van der Waals surface area contributed by atoms with Gasteiger partial charge in [-0.3, -0.25) is 4.90 Å². The maximum atomic E-state index is 11.6. The molecular formula is C26H27N5O2S2. The van der Waals surface area contributed by atoms with Gasteiger partial charge in [-0.2, -0.15) is 0 Å². The highest BCUT2D eigenvalue weighted by molar-refractivity contribution is 7.22. The highest BCUT2D eigenvalue weighted by atomic mass is 32.1. The molecule has 2 aromatic carbocycles. The number of thiophene rings is 1. The van der Waals surface area contributed by atoms with Crippen LogP contribution in [0.2, 0.25) is 0 Å². The van der Waals surface area contributed by atoms with Crippen molar-refractivity contribution in [3.05, 3.63) is 76.0 Å². The van der Waals surface area contributed by atoms with Gasteiger partial charge in [0.25, 0.3) is 0 Å². The molecule has 0 amide bonds. The molecule has 1 saturated heterocycles. The number of ether oxygens (including phenoxy) is 1. The van der Waals surface area contributed by atoms with Crippen LogP contribution in [0.5, 0.6) is 0 Å². The van der Waals surface area contributed by atoms with E-state index in [0.717, 1.165) is 58.4 Å². The van der Waals surface area contributed by atoms with Crippen LogP contribution in [0.4, 0.5) is 10.8 Å². The van der Waals surface area contributed by atoms with Gasteiger partial charge in [-0.25, -0.2) is 14.8 Å². The lowest BCUT2D eigenvalue weighted by Crippen LogP contribution is -2.38. The van der Waals surface area contributed by atoms with E-state index in [-0.39, 0.29) is 5.97 Å². The van der Waals surface area contributed by atoms with E-state index >= 15 is 0 Å². The molecule has 180 valence electrons. The number of aliphatic imine (C=N–C) groups is 1. The third kappa shape index (κ3) is 5.70. The molecule has 3 heterocycles. The number of hydrogen-bond donors (Lipinski definition) is 2. The smallest absolute Gasteiger partial charge is 0.337 e. The maximum absolute atomic E-state index is 11.6. The Morgan fingerprint density at radius 3 is 2.71 bits per heavy atom. The van der Waals surface area contributed by atoms with Gasteiger partial charge >= 0.3 is 5.97 Å². The van der Waals surface area contributed by atoms with Crippen LogP contribution in [0.15, 0.2) is 65.0 Å². The largest absolute Gasteiger partial charge is 0.465 e. The van der Waals surface area contributed by atoms with Crippen molar-refractivity contribution in [3.63, 3.8) is 0 Å². The summed E-state index contributed by atoms with van der Waals surface area (Å²) in [6, 6.07) is 18.0. The topological polar surface area (TPSA) is 92.8 Å². The summed E-state index contributed by atoms with van der Waals surface area (Å²) in [5.41, 5.74) is 9.74. The Hall–Kier alpha value is -3.27. The van der Waals surface area contributed by atoms with Gasteiger partial charge in [0, 0.05) is 25.7 Å². The number of carbonyl (C=O) groups is 1. The first kappa shape index (κ1) is 23.5. The number of nitrogens with zero attached hydrogens (tertiary/aromatic N) is 3. The number of thiazole rings is 1. The molecule has 1 aliphatic heterocycles. The van der Waals surface area contributed by atoms with Crippen molar-refractivity contribution in [1.82, 2.24) is 9.88 Å². The second-order valence-corrected chi connectivity index (χ2v) is 10.5. The van der Waals surface area contributed by atoms with Crippen molar-refractivity contribution in [2.45, 2.75) is 25.4 Å². The molecule has 4 aromatic rings. The standard InChI is InChI=1S/C26H27N5O2S2/c1-33-25(32)18-6-4-17(5-7-18)16-31-12-10-19(11-13-31)29-26-30-21-9-8-20(15-23(21)35-26)28-24(27)22-3-2-14-34-22/h2-9,14-15,19H,10-13,16H2,1H3,(H2,27,28)(H,29,30). The molecule has 3 N–H and O–H groups in total. The molecule has 0 spiro atoms. The monoisotopic (exact) mass is 505 g/mol. The number of hydrogen-bond acceptors (Lipinski definition) is 8. The van der Waals surface area contributed by atoms with E-state index in [2.05, 4.69) is 15.2 Å².